The highest BCUT2D eigenvalue weighted by molar-refractivity contribution is 5.88. The molecule has 1 heterocycles. The van der Waals surface area contributed by atoms with E-state index in [4.69, 9.17) is 9.47 Å². The second kappa shape index (κ2) is 10.3. The first-order valence-electron chi connectivity index (χ1n) is 11.0. The van der Waals surface area contributed by atoms with Crippen LogP contribution in [0.15, 0.2) is 66.7 Å². The molecule has 5 nitrogen and oxygen atoms in total. The van der Waals surface area contributed by atoms with E-state index in [0.717, 1.165) is 48.4 Å². The van der Waals surface area contributed by atoms with Crippen molar-refractivity contribution in [3.8, 4) is 5.75 Å². The molecule has 1 aliphatic rings. The average Bonchev–Trinajstić information content (AvgIpc) is 2.82. The van der Waals surface area contributed by atoms with E-state index in [0.29, 0.717) is 26.0 Å². The van der Waals surface area contributed by atoms with Crippen LogP contribution in [-0.2, 0) is 16.1 Å². The van der Waals surface area contributed by atoms with Gasteiger partial charge in [-0.2, -0.15) is 0 Å². The highest BCUT2D eigenvalue weighted by Crippen LogP contribution is 2.25. The van der Waals surface area contributed by atoms with Crippen LogP contribution in [0.4, 0.5) is 5.69 Å². The van der Waals surface area contributed by atoms with Crippen LogP contribution in [0.2, 0.25) is 0 Å². The molecule has 0 radical (unpaired) electrons. The molecular weight excluding hydrogens is 388 g/mol. The average molecular weight is 419 g/mol. The van der Waals surface area contributed by atoms with Crippen molar-refractivity contribution in [2.24, 2.45) is 0 Å². The van der Waals surface area contributed by atoms with Gasteiger partial charge in [0.05, 0.1) is 19.8 Å². The van der Waals surface area contributed by atoms with Gasteiger partial charge in [0, 0.05) is 44.2 Å². The van der Waals surface area contributed by atoms with Gasteiger partial charge in [-0.15, -0.1) is 0 Å². The van der Waals surface area contributed by atoms with Crippen LogP contribution in [0.1, 0.15) is 18.4 Å². The highest BCUT2D eigenvalue weighted by Gasteiger charge is 2.12. The van der Waals surface area contributed by atoms with Crippen molar-refractivity contribution < 1.29 is 14.3 Å². The van der Waals surface area contributed by atoms with Crippen LogP contribution in [0.5, 0.6) is 5.75 Å². The fourth-order valence-electron chi connectivity index (χ4n) is 3.91. The Hall–Kier alpha value is -3.05. The van der Waals surface area contributed by atoms with Crippen molar-refractivity contribution in [3.05, 3.63) is 72.3 Å². The Morgan fingerprint density at radius 3 is 2.55 bits per heavy atom. The zero-order valence-electron chi connectivity index (χ0n) is 18.1. The molecule has 0 N–H and O–H groups in total. The van der Waals surface area contributed by atoms with Gasteiger partial charge in [-0.3, -0.25) is 4.79 Å². The van der Waals surface area contributed by atoms with Crippen LogP contribution in [0, 0.1) is 0 Å². The Labute approximate surface area is 184 Å². The van der Waals surface area contributed by atoms with E-state index >= 15 is 0 Å². The Kier molecular flexibility index (Phi) is 7.05. The molecule has 1 aliphatic heterocycles. The molecule has 3 aromatic rings. The van der Waals surface area contributed by atoms with Gasteiger partial charge >= 0.3 is 0 Å². The third-order valence-corrected chi connectivity index (χ3v) is 5.70. The Morgan fingerprint density at radius 2 is 1.74 bits per heavy atom. The van der Waals surface area contributed by atoms with Gasteiger partial charge in [0.2, 0.25) is 5.91 Å². The van der Waals surface area contributed by atoms with Crippen molar-refractivity contribution in [2.75, 3.05) is 44.9 Å². The molecule has 0 bridgehead atoms. The van der Waals surface area contributed by atoms with Crippen LogP contribution in [0.3, 0.4) is 0 Å². The smallest absolute Gasteiger partial charge is 0.222 e. The molecule has 31 heavy (non-hydrogen) atoms. The van der Waals surface area contributed by atoms with Crippen LogP contribution in [-0.4, -0.2) is 50.8 Å². The SMILES string of the molecule is CN(Cc1ccc(N2CCOCC2)cc1)C(=O)CCCOc1cccc2ccccc12. The molecule has 0 aromatic heterocycles. The van der Waals surface area contributed by atoms with Crippen molar-refractivity contribution >= 4 is 22.4 Å². The van der Waals surface area contributed by atoms with Gasteiger partial charge in [-0.05, 0) is 35.6 Å². The third kappa shape index (κ3) is 5.56. The number of hydrogen-bond acceptors (Lipinski definition) is 4. The normalized spacial score (nSPS) is 13.9. The minimum absolute atomic E-state index is 0.138. The predicted octanol–water partition coefficient (Wildman–Crippen LogP) is 4.49. The summed E-state index contributed by atoms with van der Waals surface area (Å²) in [6, 6.07) is 22.7. The first-order chi connectivity index (χ1) is 15.2. The number of anilines is 1. The van der Waals surface area contributed by atoms with E-state index in [1.807, 2.05) is 31.3 Å². The molecule has 1 amide bonds. The third-order valence-electron chi connectivity index (χ3n) is 5.70. The van der Waals surface area contributed by atoms with E-state index < -0.39 is 0 Å². The quantitative estimate of drug-likeness (QED) is 0.506. The summed E-state index contributed by atoms with van der Waals surface area (Å²) in [6.07, 6.45) is 1.18. The second-order valence-electron chi connectivity index (χ2n) is 7.94. The van der Waals surface area contributed by atoms with Crippen LogP contribution >= 0.6 is 0 Å². The molecule has 0 aliphatic carbocycles. The molecule has 162 valence electrons. The topological polar surface area (TPSA) is 42.0 Å². The fraction of sp³-hybridized carbons (Fsp3) is 0.346. The number of amides is 1. The number of fused-ring (bicyclic) bond motifs is 1. The Morgan fingerprint density at radius 1 is 1.00 bits per heavy atom. The van der Waals surface area contributed by atoms with Gasteiger partial charge < -0.3 is 19.3 Å². The standard InChI is InChI=1S/C26H30N2O3/c1-27(20-21-11-13-23(14-12-21)28-15-18-30-19-16-28)26(29)10-5-17-31-25-9-4-7-22-6-2-3-8-24(22)25/h2-4,6-9,11-14H,5,10,15-20H2,1H3. The molecule has 4 rings (SSSR count). The molecule has 1 fully saturated rings. The zero-order chi connectivity index (χ0) is 21.5. The molecule has 0 saturated carbocycles. The van der Waals surface area contributed by atoms with Crippen molar-refractivity contribution in [1.29, 1.82) is 0 Å². The lowest BCUT2D eigenvalue weighted by Gasteiger charge is -2.29. The Bertz CT molecular complexity index is 992. The molecule has 3 aromatic carbocycles. The minimum Gasteiger partial charge on any atom is -0.493 e. The van der Waals surface area contributed by atoms with E-state index in [2.05, 4.69) is 47.4 Å². The maximum atomic E-state index is 12.5. The molecule has 1 saturated heterocycles. The number of carbonyl (C=O) groups is 1. The number of nitrogens with zero attached hydrogens (tertiary/aromatic N) is 2. The largest absolute Gasteiger partial charge is 0.493 e. The Balaban J connectivity index is 1.22. The maximum absolute atomic E-state index is 12.5. The summed E-state index contributed by atoms with van der Waals surface area (Å²) in [6.45, 7) is 4.57. The van der Waals surface area contributed by atoms with E-state index in [9.17, 15) is 4.79 Å². The summed E-state index contributed by atoms with van der Waals surface area (Å²) in [4.78, 5) is 16.7. The van der Waals surface area contributed by atoms with Crippen molar-refractivity contribution in [1.82, 2.24) is 4.90 Å². The number of rotatable bonds is 8. The fourth-order valence-corrected chi connectivity index (χ4v) is 3.91. The first-order valence-corrected chi connectivity index (χ1v) is 11.0. The highest BCUT2D eigenvalue weighted by atomic mass is 16.5. The number of morpholine rings is 1. The summed E-state index contributed by atoms with van der Waals surface area (Å²) in [5.41, 5.74) is 2.35. The summed E-state index contributed by atoms with van der Waals surface area (Å²) in [5, 5.41) is 2.27. The molecule has 0 unspecified atom stereocenters. The number of hydrogen-bond donors (Lipinski definition) is 0. The molecule has 5 heteroatoms. The van der Waals surface area contributed by atoms with Gasteiger partial charge in [0.15, 0.2) is 0 Å². The van der Waals surface area contributed by atoms with Gasteiger partial charge in [-0.25, -0.2) is 0 Å². The molecular formula is C26H30N2O3. The predicted molar refractivity (Wildman–Crippen MR) is 125 cm³/mol. The second-order valence-corrected chi connectivity index (χ2v) is 7.94. The van der Waals surface area contributed by atoms with E-state index in [1.165, 1.54) is 5.69 Å². The molecule has 0 spiro atoms. The number of ether oxygens (including phenoxy) is 2. The van der Waals surface area contributed by atoms with Crippen molar-refractivity contribution in [3.63, 3.8) is 0 Å². The lowest BCUT2D eigenvalue weighted by Crippen LogP contribution is -2.36. The van der Waals surface area contributed by atoms with E-state index in [-0.39, 0.29) is 5.91 Å². The van der Waals surface area contributed by atoms with Crippen molar-refractivity contribution in [2.45, 2.75) is 19.4 Å². The lowest BCUT2D eigenvalue weighted by atomic mass is 10.1. The first kappa shape index (κ1) is 21.2. The summed E-state index contributed by atoms with van der Waals surface area (Å²) in [7, 11) is 1.86. The molecule has 0 atom stereocenters. The van der Waals surface area contributed by atoms with Crippen LogP contribution in [0.25, 0.3) is 10.8 Å². The monoisotopic (exact) mass is 418 g/mol. The van der Waals surface area contributed by atoms with Gasteiger partial charge in [0.25, 0.3) is 0 Å². The van der Waals surface area contributed by atoms with Gasteiger partial charge in [0.1, 0.15) is 5.75 Å². The van der Waals surface area contributed by atoms with Crippen LogP contribution < -0.4 is 9.64 Å². The van der Waals surface area contributed by atoms with E-state index in [1.54, 1.807) is 4.90 Å². The lowest BCUT2D eigenvalue weighted by molar-refractivity contribution is -0.130. The summed E-state index contributed by atoms with van der Waals surface area (Å²) < 4.78 is 11.4. The zero-order valence-corrected chi connectivity index (χ0v) is 18.1. The summed E-state index contributed by atoms with van der Waals surface area (Å²) >= 11 is 0. The number of benzene rings is 3. The summed E-state index contributed by atoms with van der Waals surface area (Å²) in [5.74, 6) is 1.01. The minimum atomic E-state index is 0.138. The number of carbonyl (C=O) groups excluding carboxylic acids is 1. The van der Waals surface area contributed by atoms with Gasteiger partial charge in [-0.1, -0.05) is 48.5 Å². The maximum Gasteiger partial charge on any atom is 0.222 e.